The number of aromatic nitrogens is 1. The average Bonchev–Trinajstić information content (AvgIpc) is 3.19. The summed E-state index contributed by atoms with van der Waals surface area (Å²) in [6.45, 7) is 3.83. The van der Waals surface area contributed by atoms with Crippen LogP contribution in [0.5, 0.6) is 11.5 Å². The van der Waals surface area contributed by atoms with Gasteiger partial charge < -0.3 is 14.4 Å². The zero-order valence-electron chi connectivity index (χ0n) is 15.3. The molecule has 138 valence electrons. The molecule has 0 unspecified atom stereocenters. The van der Waals surface area contributed by atoms with Crippen LogP contribution in [0, 0.1) is 0 Å². The van der Waals surface area contributed by atoms with Gasteiger partial charge in [0.15, 0.2) is 17.3 Å². The fraction of sp³-hybridized carbons (Fsp3) is 0.300. The Kier molecular flexibility index (Phi) is 4.58. The third kappa shape index (κ3) is 3.05. The van der Waals surface area contributed by atoms with E-state index in [1.807, 2.05) is 24.0 Å². The topological polar surface area (TPSA) is 76.4 Å². The first-order valence-corrected chi connectivity index (χ1v) is 8.90. The molecular weight excluding hydrogens is 344 g/mol. The molecule has 0 fully saturated rings. The van der Waals surface area contributed by atoms with Gasteiger partial charge in [0.1, 0.15) is 17.4 Å². The van der Waals surface area contributed by atoms with Crippen LogP contribution in [0.4, 0.5) is 5.69 Å². The summed E-state index contributed by atoms with van der Waals surface area (Å²) in [6.07, 6.45) is 3.40. The summed E-state index contributed by atoms with van der Waals surface area (Å²) in [5, 5.41) is 0. The Bertz CT molecular complexity index is 938. The molecule has 0 spiro atoms. The van der Waals surface area contributed by atoms with E-state index in [1.165, 1.54) is 0 Å². The van der Waals surface area contributed by atoms with Gasteiger partial charge in [-0.25, -0.2) is 4.99 Å². The van der Waals surface area contributed by atoms with Crippen molar-refractivity contribution >= 4 is 23.1 Å². The molecule has 2 aliphatic heterocycles. The molecular formula is C20H20N4O3. The highest BCUT2D eigenvalue weighted by Gasteiger charge is 2.33. The molecule has 0 atom stereocenters. The maximum atomic E-state index is 12.7. The summed E-state index contributed by atoms with van der Waals surface area (Å²) in [4.78, 5) is 28.1. The average molecular weight is 364 g/mol. The maximum absolute atomic E-state index is 12.7. The van der Waals surface area contributed by atoms with E-state index in [9.17, 15) is 4.79 Å². The van der Waals surface area contributed by atoms with E-state index in [2.05, 4.69) is 9.98 Å². The molecule has 0 bridgehead atoms. The van der Waals surface area contributed by atoms with Crippen LogP contribution in [0.1, 0.15) is 29.3 Å². The van der Waals surface area contributed by atoms with Crippen molar-refractivity contribution < 1.29 is 14.3 Å². The number of amidine groups is 2. The number of methoxy groups -OCH3 is 1. The largest absolute Gasteiger partial charge is 0.491 e. The molecule has 0 saturated carbocycles. The van der Waals surface area contributed by atoms with Crippen molar-refractivity contribution in [2.45, 2.75) is 13.3 Å². The number of hydrogen-bond donors (Lipinski definition) is 0. The van der Waals surface area contributed by atoms with Gasteiger partial charge in [0.05, 0.1) is 26.7 Å². The number of ether oxygens (including phenoxy) is 2. The predicted octanol–water partition coefficient (Wildman–Crippen LogP) is 2.87. The minimum Gasteiger partial charge on any atom is -0.491 e. The summed E-state index contributed by atoms with van der Waals surface area (Å²) < 4.78 is 11.3. The molecule has 7 nitrogen and oxygen atoms in total. The molecule has 2 aliphatic rings. The Morgan fingerprint density at radius 2 is 2.19 bits per heavy atom. The zero-order chi connectivity index (χ0) is 18.8. The number of Topliss-reactive ketones (excluding diaryl/α,β-unsaturated/α-hetero) is 1. The van der Waals surface area contributed by atoms with E-state index >= 15 is 0 Å². The number of hydrogen-bond acceptors (Lipinski definition) is 7. The summed E-state index contributed by atoms with van der Waals surface area (Å²) in [5.74, 6) is 2.66. The van der Waals surface area contributed by atoms with Crippen molar-refractivity contribution in [2.24, 2.45) is 9.98 Å². The normalized spacial score (nSPS) is 14.8. The minimum atomic E-state index is -0.0310. The number of aliphatic imine (C=N–C) groups is 2. The van der Waals surface area contributed by atoms with Crippen LogP contribution in [-0.2, 0) is 0 Å². The second-order valence-corrected chi connectivity index (χ2v) is 6.15. The highest BCUT2D eigenvalue weighted by atomic mass is 16.5. The monoisotopic (exact) mass is 364 g/mol. The SMILES string of the molecule is CCOc1ccc2c(c1OC)N=C(CC(=O)c1cccnc1)N1CCN=C21. The number of benzene rings is 1. The number of pyridine rings is 1. The molecule has 3 heterocycles. The Morgan fingerprint density at radius 1 is 1.30 bits per heavy atom. The lowest BCUT2D eigenvalue weighted by Gasteiger charge is -2.28. The van der Waals surface area contributed by atoms with Crippen molar-refractivity contribution in [3.8, 4) is 11.5 Å². The first kappa shape index (κ1) is 17.2. The van der Waals surface area contributed by atoms with Crippen LogP contribution in [0.25, 0.3) is 0 Å². The summed E-state index contributed by atoms with van der Waals surface area (Å²) in [5.41, 5.74) is 2.12. The van der Waals surface area contributed by atoms with Crippen LogP contribution < -0.4 is 9.47 Å². The van der Waals surface area contributed by atoms with E-state index in [4.69, 9.17) is 14.5 Å². The van der Waals surface area contributed by atoms with Crippen LogP contribution >= 0.6 is 0 Å². The number of carbonyl (C=O) groups excluding carboxylic acids is 1. The van der Waals surface area contributed by atoms with Crippen molar-refractivity contribution in [1.82, 2.24) is 9.88 Å². The fourth-order valence-electron chi connectivity index (χ4n) is 3.34. The van der Waals surface area contributed by atoms with Gasteiger partial charge >= 0.3 is 0 Å². The molecule has 0 amide bonds. The fourth-order valence-corrected chi connectivity index (χ4v) is 3.34. The van der Waals surface area contributed by atoms with Gasteiger partial charge in [-0.3, -0.25) is 14.8 Å². The lowest BCUT2D eigenvalue weighted by atomic mass is 10.0. The summed E-state index contributed by atoms with van der Waals surface area (Å²) in [7, 11) is 1.59. The molecule has 0 N–H and O–H groups in total. The second-order valence-electron chi connectivity index (χ2n) is 6.15. The third-order valence-electron chi connectivity index (χ3n) is 4.54. The number of nitrogens with zero attached hydrogens (tertiary/aromatic N) is 4. The molecule has 0 aliphatic carbocycles. The Hall–Kier alpha value is -3.22. The van der Waals surface area contributed by atoms with E-state index in [1.54, 1.807) is 31.6 Å². The molecule has 2 aromatic rings. The van der Waals surface area contributed by atoms with E-state index in [-0.39, 0.29) is 12.2 Å². The highest BCUT2D eigenvalue weighted by Crippen LogP contribution is 2.43. The van der Waals surface area contributed by atoms with Crippen molar-refractivity contribution in [3.05, 3.63) is 47.8 Å². The highest BCUT2D eigenvalue weighted by molar-refractivity contribution is 6.21. The Labute approximate surface area is 157 Å². The standard InChI is InChI=1S/C20H20N4O3/c1-3-27-16-7-6-14-18(19(16)26-2)23-17(24-10-9-22-20(14)24)11-15(25)13-5-4-8-21-12-13/h4-8,12H,3,9-11H2,1-2H3. The molecule has 7 heteroatoms. The molecule has 27 heavy (non-hydrogen) atoms. The molecule has 1 aromatic heterocycles. The van der Waals surface area contributed by atoms with Gasteiger partial charge in [-0.05, 0) is 31.2 Å². The van der Waals surface area contributed by atoms with E-state index in [0.717, 1.165) is 11.4 Å². The zero-order valence-corrected chi connectivity index (χ0v) is 15.3. The second kappa shape index (κ2) is 7.19. The summed E-state index contributed by atoms with van der Waals surface area (Å²) >= 11 is 0. The van der Waals surface area contributed by atoms with Crippen LogP contribution in [0.2, 0.25) is 0 Å². The number of rotatable bonds is 6. The summed E-state index contributed by atoms with van der Waals surface area (Å²) in [6, 6.07) is 7.34. The van der Waals surface area contributed by atoms with Crippen molar-refractivity contribution in [1.29, 1.82) is 0 Å². The Morgan fingerprint density at radius 3 is 2.93 bits per heavy atom. The number of carbonyl (C=O) groups is 1. The van der Waals surface area contributed by atoms with Crippen molar-refractivity contribution in [2.75, 3.05) is 26.8 Å². The third-order valence-corrected chi connectivity index (χ3v) is 4.54. The van der Waals surface area contributed by atoms with E-state index < -0.39 is 0 Å². The first-order valence-electron chi connectivity index (χ1n) is 8.90. The predicted molar refractivity (Wildman–Crippen MR) is 103 cm³/mol. The van der Waals surface area contributed by atoms with Gasteiger partial charge in [-0.1, -0.05) is 0 Å². The minimum absolute atomic E-state index is 0.0310. The van der Waals surface area contributed by atoms with Crippen LogP contribution in [0.3, 0.4) is 0 Å². The van der Waals surface area contributed by atoms with Crippen molar-refractivity contribution in [3.63, 3.8) is 0 Å². The maximum Gasteiger partial charge on any atom is 0.187 e. The molecule has 4 rings (SSSR count). The number of ketones is 1. The smallest absolute Gasteiger partial charge is 0.187 e. The van der Waals surface area contributed by atoms with Crippen LogP contribution in [0.15, 0.2) is 46.6 Å². The van der Waals surface area contributed by atoms with E-state index in [0.29, 0.717) is 48.3 Å². The van der Waals surface area contributed by atoms with Crippen LogP contribution in [-0.4, -0.2) is 54.1 Å². The first-order chi connectivity index (χ1) is 13.2. The lowest BCUT2D eigenvalue weighted by molar-refractivity contribution is 0.0998. The molecule has 1 aromatic carbocycles. The lowest BCUT2D eigenvalue weighted by Crippen LogP contribution is -2.38. The van der Waals surface area contributed by atoms with Gasteiger partial charge in [0.2, 0.25) is 0 Å². The quantitative estimate of drug-likeness (QED) is 0.737. The molecule has 0 radical (unpaired) electrons. The number of fused-ring (bicyclic) bond motifs is 3. The van der Waals surface area contributed by atoms with Gasteiger partial charge in [0.25, 0.3) is 0 Å². The van der Waals surface area contributed by atoms with Gasteiger partial charge in [-0.15, -0.1) is 0 Å². The van der Waals surface area contributed by atoms with Gasteiger partial charge in [0, 0.05) is 30.1 Å². The molecule has 0 saturated heterocycles. The van der Waals surface area contributed by atoms with Gasteiger partial charge in [-0.2, -0.15) is 0 Å². The Balaban J connectivity index is 1.76.